The summed E-state index contributed by atoms with van der Waals surface area (Å²) in [5.41, 5.74) is 4.47. The third-order valence-corrected chi connectivity index (χ3v) is 6.29. The highest BCUT2D eigenvalue weighted by Crippen LogP contribution is 2.40. The van der Waals surface area contributed by atoms with Gasteiger partial charge in [-0.3, -0.25) is 0 Å². The number of aromatic nitrogens is 1. The van der Waals surface area contributed by atoms with Crippen molar-refractivity contribution in [2.24, 2.45) is 0 Å². The summed E-state index contributed by atoms with van der Waals surface area (Å²) in [4.78, 5) is 15.5. The highest BCUT2D eigenvalue weighted by molar-refractivity contribution is 8.00. The van der Waals surface area contributed by atoms with Crippen LogP contribution in [0.25, 0.3) is 0 Å². The van der Waals surface area contributed by atoms with Crippen molar-refractivity contribution in [1.29, 1.82) is 0 Å². The Bertz CT molecular complexity index is 1070. The first-order valence-electron chi connectivity index (χ1n) is 10.6. The van der Waals surface area contributed by atoms with Gasteiger partial charge in [0.2, 0.25) is 0 Å². The minimum Gasteiger partial charge on any atom is -0.487 e. The summed E-state index contributed by atoms with van der Waals surface area (Å²) >= 11 is 1.39. The summed E-state index contributed by atoms with van der Waals surface area (Å²) in [6, 6.07) is 16.5. The number of halogens is 1. The molecule has 2 aromatic carbocycles. The minimum atomic E-state index is -1.03. The number of aryl methyl sites for hydroxylation is 2. The number of carboxylic acids is 1. The molecule has 0 saturated heterocycles. The third kappa shape index (κ3) is 5.40. The molecule has 0 saturated carbocycles. The van der Waals surface area contributed by atoms with Crippen molar-refractivity contribution < 1.29 is 19.0 Å². The van der Waals surface area contributed by atoms with Gasteiger partial charge in [-0.2, -0.15) is 0 Å². The van der Waals surface area contributed by atoms with E-state index in [1.807, 2.05) is 22.5 Å². The van der Waals surface area contributed by atoms with Gasteiger partial charge in [-0.1, -0.05) is 18.2 Å². The number of rotatable bonds is 9. The summed E-state index contributed by atoms with van der Waals surface area (Å²) in [5, 5.41) is 9.87. The lowest BCUT2D eigenvalue weighted by Crippen LogP contribution is -2.23. The Morgan fingerprint density at radius 1 is 1.19 bits per heavy atom. The fraction of sp³-hybridized carbons (Fsp3) is 0.280. The Morgan fingerprint density at radius 2 is 1.94 bits per heavy atom. The number of aromatic carboxylic acids is 1. The zero-order valence-electron chi connectivity index (χ0n) is 17.8. The van der Waals surface area contributed by atoms with Gasteiger partial charge in [0.05, 0.1) is 17.8 Å². The lowest BCUT2D eigenvalue weighted by atomic mass is 10.1. The van der Waals surface area contributed by atoms with Gasteiger partial charge in [0, 0.05) is 18.1 Å². The summed E-state index contributed by atoms with van der Waals surface area (Å²) in [5.74, 6) is -0.266. The second-order valence-electron chi connectivity index (χ2n) is 7.83. The van der Waals surface area contributed by atoms with Gasteiger partial charge in [0.25, 0.3) is 0 Å². The lowest BCUT2D eigenvalue weighted by molar-refractivity contribution is 0.0697. The van der Waals surface area contributed by atoms with Crippen molar-refractivity contribution in [1.82, 2.24) is 4.98 Å². The zero-order valence-corrected chi connectivity index (χ0v) is 18.6. The Morgan fingerprint density at radius 3 is 2.59 bits per heavy atom. The summed E-state index contributed by atoms with van der Waals surface area (Å²) < 4.78 is 22.3. The first-order valence-corrected chi connectivity index (χ1v) is 11.4. The predicted octanol–water partition coefficient (Wildman–Crippen LogP) is 5.72. The molecule has 1 atom stereocenters. The third-order valence-electron chi connectivity index (χ3n) is 5.30. The van der Waals surface area contributed by atoms with Crippen LogP contribution in [0.3, 0.4) is 0 Å². The number of hydrogen-bond acceptors (Lipinski definition) is 5. The van der Waals surface area contributed by atoms with Crippen LogP contribution >= 0.6 is 11.9 Å². The molecular weight excluding hydrogens is 427 g/mol. The molecule has 0 amide bonds. The SMILES string of the molecule is C[C@@H](F)CN(Sc1ccccn1)c1cc2c(cc1OCc1ccc(C(=O)O)cc1)CCC2. The maximum atomic E-state index is 14.1. The molecule has 3 aromatic rings. The Labute approximate surface area is 191 Å². The molecule has 0 fully saturated rings. The quantitative estimate of drug-likeness (QED) is 0.419. The van der Waals surface area contributed by atoms with Crippen LogP contribution < -0.4 is 9.04 Å². The molecule has 5 nitrogen and oxygen atoms in total. The number of alkyl halides is 1. The van der Waals surface area contributed by atoms with Gasteiger partial charge in [0.15, 0.2) is 0 Å². The van der Waals surface area contributed by atoms with Crippen LogP contribution in [-0.4, -0.2) is 28.8 Å². The van der Waals surface area contributed by atoms with E-state index >= 15 is 0 Å². The van der Waals surface area contributed by atoms with Crippen molar-refractivity contribution in [2.45, 2.75) is 44.0 Å². The molecule has 1 N–H and O–H groups in total. The Balaban J connectivity index is 1.62. The lowest BCUT2D eigenvalue weighted by Gasteiger charge is -2.26. The summed E-state index contributed by atoms with van der Waals surface area (Å²) in [6.07, 6.45) is 3.80. The van der Waals surface area contributed by atoms with E-state index in [-0.39, 0.29) is 12.1 Å². The van der Waals surface area contributed by atoms with Crippen molar-refractivity contribution in [3.8, 4) is 5.75 Å². The molecule has 0 aliphatic heterocycles. The van der Waals surface area contributed by atoms with E-state index in [4.69, 9.17) is 9.84 Å². The van der Waals surface area contributed by atoms with E-state index in [9.17, 15) is 9.18 Å². The van der Waals surface area contributed by atoms with Crippen LogP contribution in [-0.2, 0) is 19.4 Å². The Kier molecular flexibility index (Phi) is 6.95. The van der Waals surface area contributed by atoms with E-state index in [2.05, 4.69) is 17.1 Å². The standard InChI is InChI=1S/C25H25FN2O3S/c1-17(26)15-28(32-24-7-2-3-12-27-24)22-13-20-5-4-6-21(20)14-23(22)31-16-18-8-10-19(11-9-18)25(29)30/h2-3,7-14,17H,4-6,15-16H2,1H3,(H,29,30)/t17-/m1/s1. The number of carboxylic acid groups (broad SMARTS) is 1. The predicted molar refractivity (Wildman–Crippen MR) is 124 cm³/mol. The van der Waals surface area contributed by atoms with Crippen molar-refractivity contribution in [3.05, 3.63) is 83.0 Å². The van der Waals surface area contributed by atoms with E-state index in [0.717, 1.165) is 35.5 Å². The van der Waals surface area contributed by atoms with Gasteiger partial charge >= 0.3 is 5.97 Å². The maximum absolute atomic E-state index is 14.1. The number of anilines is 1. The van der Waals surface area contributed by atoms with Gasteiger partial charge in [-0.25, -0.2) is 14.2 Å². The molecule has 1 heterocycles. The van der Waals surface area contributed by atoms with E-state index in [1.54, 1.807) is 37.4 Å². The number of hydrogen-bond donors (Lipinski definition) is 1. The highest BCUT2D eigenvalue weighted by Gasteiger charge is 2.22. The van der Waals surface area contributed by atoms with Crippen LogP contribution in [0.5, 0.6) is 5.75 Å². The second-order valence-corrected chi connectivity index (χ2v) is 8.88. The molecule has 4 rings (SSSR count). The molecule has 166 valence electrons. The molecule has 1 aliphatic rings. The number of pyridine rings is 1. The zero-order chi connectivity index (χ0) is 22.5. The fourth-order valence-corrected chi connectivity index (χ4v) is 4.73. The van der Waals surface area contributed by atoms with E-state index < -0.39 is 12.1 Å². The number of benzene rings is 2. The average molecular weight is 453 g/mol. The minimum absolute atomic E-state index is 0.198. The summed E-state index contributed by atoms with van der Waals surface area (Å²) in [7, 11) is 0. The molecule has 0 unspecified atom stereocenters. The molecule has 32 heavy (non-hydrogen) atoms. The number of fused-ring (bicyclic) bond motifs is 1. The van der Waals surface area contributed by atoms with Gasteiger partial charge in [-0.05, 0) is 79.3 Å². The van der Waals surface area contributed by atoms with Crippen molar-refractivity contribution in [3.63, 3.8) is 0 Å². The van der Waals surface area contributed by atoms with Crippen LogP contribution in [0, 0.1) is 0 Å². The molecule has 0 bridgehead atoms. The monoisotopic (exact) mass is 452 g/mol. The molecule has 1 aromatic heterocycles. The fourth-order valence-electron chi connectivity index (χ4n) is 3.73. The van der Waals surface area contributed by atoms with E-state index in [1.165, 1.54) is 23.1 Å². The molecule has 1 aliphatic carbocycles. The van der Waals surface area contributed by atoms with Crippen LogP contribution in [0.4, 0.5) is 10.1 Å². The second kappa shape index (κ2) is 10.0. The first kappa shape index (κ1) is 22.1. The number of ether oxygens (including phenoxy) is 1. The smallest absolute Gasteiger partial charge is 0.335 e. The molecular formula is C25H25FN2O3S. The normalized spacial score (nSPS) is 13.4. The van der Waals surface area contributed by atoms with Gasteiger partial charge < -0.3 is 14.1 Å². The largest absolute Gasteiger partial charge is 0.487 e. The van der Waals surface area contributed by atoms with Crippen molar-refractivity contribution >= 4 is 23.6 Å². The van der Waals surface area contributed by atoms with Crippen LogP contribution in [0.15, 0.2) is 65.8 Å². The first-order chi connectivity index (χ1) is 15.5. The molecule has 0 spiro atoms. The topological polar surface area (TPSA) is 62.7 Å². The average Bonchev–Trinajstić information content (AvgIpc) is 3.25. The van der Waals surface area contributed by atoms with Crippen molar-refractivity contribution in [2.75, 3.05) is 10.8 Å². The Hall–Kier alpha value is -3.06. The number of nitrogens with zero attached hydrogens (tertiary/aromatic N) is 2. The number of carbonyl (C=O) groups is 1. The highest BCUT2D eigenvalue weighted by atomic mass is 32.2. The van der Waals surface area contributed by atoms with E-state index in [0.29, 0.717) is 12.4 Å². The summed E-state index contributed by atoms with van der Waals surface area (Å²) in [6.45, 7) is 2.03. The molecule has 0 radical (unpaired) electrons. The van der Waals surface area contributed by atoms with Crippen LogP contribution in [0.2, 0.25) is 0 Å². The van der Waals surface area contributed by atoms with Crippen LogP contribution in [0.1, 0.15) is 40.4 Å². The molecule has 7 heteroatoms. The van der Waals surface area contributed by atoms with Gasteiger partial charge in [-0.15, -0.1) is 0 Å². The maximum Gasteiger partial charge on any atom is 0.335 e. The van der Waals surface area contributed by atoms with Gasteiger partial charge in [0.1, 0.15) is 23.6 Å².